The van der Waals surface area contributed by atoms with Gasteiger partial charge in [-0.1, -0.05) is 74.7 Å². The monoisotopic (exact) mass is 285 g/mol. The molecule has 1 atom stereocenters. The predicted molar refractivity (Wildman–Crippen MR) is 86.6 cm³/mol. The summed E-state index contributed by atoms with van der Waals surface area (Å²) in [5.74, 6) is -0.134. The molecule has 0 heterocycles. The second-order valence-corrected chi connectivity index (χ2v) is 5.43. The molecule has 0 radical (unpaired) electrons. The third-order valence-electron chi connectivity index (χ3n) is 3.80. The Kier molecular flexibility index (Phi) is 6.42. The molecule has 0 spiro atoms. The van der Waals surface area contributed by atoms with Gasteiger partial charge in [0.05, 0.1) is 0 Å². The van der Waals surface area contributed by atoms with Gasteiger partial charge in [0.15, 0.2) is 0 Å². The van der Waals surface area contributed by atoms with Crippen LogP contribution in [0.15, 0.2) is 54.6 Å². The minimum atomic E-state index is -0.134. The Hall–Kier alpha value is -1.67. The molecule has 2 heteroatoms. The highest BCUT2D eigenvalue weighted by Gasteiger charge is 2.11. The molecule has 0 bridgehead atoms. The Labute approximate surface area is 127 Å². The number of hydrogen-bond donors (Lipinski definition) is 1. The van der Waals surface area contributed by atoms with E-state index in [4.69, 9.17) is 0 Å². The molecule has 0 aliphatic heterocycles. The van der Waals surface area contributed by atoms with Crippen LogP contribution in [-0.4, -0.2) is 0 Å². The van der Waals surface area contributed by atoms with Crippen molar-refractivity contribution in [1.82, 2.24) is 5.32 Å². The first-order valence-electron chi connectivity index (χ1n) is 7.83. The Morgan fingerprint density at radius 1 is 0.952 bits per heavy atom. The average Bonchev–Trinajstić information content (AvgIpc) is 2.53. The zero-order valence-corrected chi connectivity index (χ0v) is 12.7. The van der Waals surface area contributed by atoms with Crippen LogP contribution in [0.3, 0.4) is 0 Å². The molecule has 0 fully saturated rings. The van der Waals surface area contributed by atoms with Gasteiger partial charge in [-0.25, -0.2) is 4.39 Å². The molecule has 21 heavy (non-hydrogen) atoms. The fourth-order valence-corrected chi connectivity index (χ4v) is 2.55. The smallest absolute Gasteiger partial charge is 0.127 e. The highest BCUT2D eigenvalue weighted by molar-refractivity contribution is 5.21. The van der Waals surface area contributed by atoms with Gasteiger partial charge in [-0.05, 0) is 18.1 Å². The number of benzene rings is 2. The fraction of sp³-hybridized carbons (Fsp3) is 0.368. The summed E-state index contributed by atoms with van der Waals surface area (Å²) in [6.45, 7) is 2.78. The molecule has 1 N–H and O–H groups in total. The summed E-state index contributed by atoms with van der Waals surface area (Å²) in [5.41, 5.74) is 2.01. The van der Waals surface area contributed by atoms with Crippen LogP contribution in [0.2, 0.25) is 0 Å². The maximum atomic E-state index is 13.7. The van der Waals surface area contributed by atoms with Crippen LogP contribution in [0.1, 0.15) is 49.8 Å². The number of unbranched alkanes of at least 4 members (excludes halogenated alkanes) is 2. The second-order valence-electron chi connectivity index (χ2n) is 5.43. The first-order chi connectivity index (χ1) is 10.3. The highest BCUT2D eigenvalue weighted by atomic mass is 19.1. The summed E-state index contributed by atoms with van der Waals surface area (Å²) in [7, 11) is 0. The van der Waals surface area contributed by atoms with E-state index in [-0.39, 0.29) is 11.9 Å². The molecular weight excluding hydrogens is 261 g/mol. The molecule has 112 valence electrons. The van der Waals surface area contributed by atoms with Crippen LogP contribution >= 0.6 is 0 Å². The Morgan fingerprint density at radius 3 is 2.38 bits per heavy atom. The van der Waals surface area contributed by atoms with E-state index < -0.39 is 0 Å². The Morgan fingerprint density at radius 2 is 1.67 bits per heavy atom. The number of rotatable bonds is 8. The molecule has 2 rings (SSSR count). The van der Waals surface area contributed by atoms with E-state index >= 15 is 0 Å². The van der Waals surface area contributed by atoms with Crippen LogP contribution in [0, 0.1) is 5.82 Å². The molecule has 0 aromatic heterocycles. The van der Waals surface area contributed by atoms with Gasteiger partial charge < -0.3 is 5.32 Å². The zero-order valence-electron chi connectivity index (χ0n) is 12.7. The molecule has 2 aromatic rings. The minimum Gasteiger partial charge on any atom is -0.306 e. The third kappa shape index (κ3) is 4.98. The van der Waals surface area contributed by atoms with Crippen molar-refractivity contribution in [2.45, 2.75) is 45.2 Å². The summed E-state index contributed by atoms with van der Waals surface area (Å²) in [5, 5.41) is 3.51. The molecular formula is C19H24FN. The van der Waals surface area contributed by atoms with Crippen LogP contribution in [0.25, 0.3) is 0 Å². The molecule has 0 saturated carbocycles. The molecule has 2 aromatic carbocycles. The van der Waals surface area contributed by atoms with E-state index in [0.717, 1.165) is 12.0 Å². The van der Waals surface area contributed by atoms with Crippen molar-refractivity contribution in [3.63, 3.8) is 0 Å². The van der Waals surface area contributed by atoms with E-state index in [0.29, 0.717) is 6.54 Å². The first-order valence-corrected chi connectivity index (χ1v) is 7.83. The van der Waals surface area contributed by atoms with Crippen molar-refractivity contribution in [3.05, 3.63) is 71.5 Å². The normalized spacial score (nSPS) is 12.3. The summed E-state index contributed by atoms with van der Waals surface area (Å²) in [4.78, 5) is 0. The highest BCUT2D eigenvalue weighted by Crippen LogP contribution is 2.20. The molecule has 1 nitrogen and oxygen atoms in total. The summed E-state index contributed by atoms with van der Waals surface area (Å²) < 4.78 is 13.7. The number of nitrogens with one attached hydrogen (secondary N) is 1. The van der Waals surface area contributed by atoms with Crippen molar-refractivity contribution in [2.75, 3.05) is 0 Å². The van der Waals surface area contributed by atoms with Crippen LogP contribution in [0.5, 0.6) is 0 Å². The van der Waals surface area contributed by atoms with E-state index in [1.165, 1.54) is 30.9 Å². The maximum absolute atomic E-state index is 13.7. The minimum absolute atomic E-state index is 0.134. The van der Waals surface area contributed by atoms with Crippen molar-refractivity contribution in [1.29, 1.82) is 0 Å². The van der Waals surface area contributed by atoms with Gasteiger partial charge in [0.2, 0.25) is 0 Å². The van der Waals surface area contributed by atoms with E-state index in [2.05, 4.69) is 36.5 Å². The number of halogens is 1. The lowest BCUT2D eigenvalue weighted by Crippen LogP contribution is -2.21. The van der Waals surface area contributed by atoms with Gasteiger partial charge in [0, 0.05) is 18.2 Å². The number of hydrogen-bond acceptors (Lipinski definition) is 1. The van der Waals surface area contributed by atoms with E-state index in [1.807, 2.05) is 18.2 Å². The van der Waals surface area contributed by atoms with Crippen molar-refractivity contribution >= 4 is 0 Å². The van der Waals surface area contributed by atoms with Gasteiger partial charge in [-0.3, -0.25) is 0 Å². The van der Waals surface area contributed by atoms with Crippen molar-refractivity contribution in [2.24, 2.45) is 0 Å². The van der Waals surface area contributed by atoms with Crippen LogP contribution in [-0.2, 0) is 6.54 Å². The lowest BCUT2D eigenvalue weighted by atomic mass is 10.00. The Bertz CT molecular complexity index is 524. The standard InChI is InChI=1S/C19H24FN/c1-2-3-5-14-19(16-10-6-4-7-11-16)21-15-17-12-8-9-13-18(17)20/h4,6-13,19,21H,2-3,5,14-15H2,1H3. The second kappa shape index (κ2) is 8.58. The maximum Gasteiger partial charge on any atom is 0.127 e. The third-order valence-corrected chi connectivity index (χ3v) is 3.80. The van der Waals surface area contributed by atoms with Crippen LogP contribution in [0.4, 0.5) is 4.39 Å². The Balaban J connectivity index is 2.00. The lowest BCUT2D eigenvalue weighted by molar-refractivity contribution is 0.466. The van der Waals surface area contributed by atoms with E-state index in [1.54, 1.807) is 6.07 Å². The molecule has 0 aliphatic rings. The van der Waals surface area contributed by atoms with Gasteiger partial charge in [0.1, 0.15) is 5.82 Å². The first kappa shape index (κ1) is 15.7. The summed E-state index contributed by atoms with van der Waals surface area (Å²) >= 11 is 0. The summed E-state index contributed by atoms with van der Waals surface area (Å²) in [6, 6.07) is 17.7. The average molecular weight is 285 g/mol. The molecule has 0 aliphatic carbocycles. The predicted octanol–water partition coefficient (Wildman–Crippen LogP) is 5.24. The zero-order chi connectivity index (χ0) is 14.9. The molecule has 0 amide bonds. The van der Waals surface area contributed by atoms with Gasteiger partial charge in [-0.2, -0.15) is 0 Å². The largest absolute Gasteiger partial charge is 0.306 e. The molecule has 0 saturated heterocycles. The van der Waals surface area contributed by atoms with Gasteiger partial charge in [0.25, 0.3) is 0 Å². The van der Waals surface area contributed by atoms with Crippen LogP contribution < -0.4 is 5.32 Å². The molecule has 1 unspecified atom stereocenters. The van der Waals surface area contributed by atoms with Gasteiger partial charge >= 0.3 is 0 Å². The van der Waals surface area contributed by atoms with E-state index in [9.17, 15) is 4.39 Å². The summed E-state index contributed by atoms with van der Waals surface area (Å²) in [6.07, 6.45) is 4.74. The fourth-order valence-electron chi connectivity index (χ4n) is 2.55. The topological polar surface area (TPSA) is 12.0 Å². The quantitative estimate of drug-likeness (QED) is 0.654. The van der Waals surface area contributed by atoms with Crippen molar-refractivity contribution in [3.8, 4) is 0 Å². The lowest BCUT2D eigenvalue weighted by Gasteiger charge is -2.19. The van der Waals surface area contributed by atoms with Crippen molar-refractivity contribution < 1.29 is 4.39 Å². The SMILES string of the molecule is CCCCCC(NCc1ccccc1F)c1ccccc1. The van der Waals surface area contributed by atoms with Gasteiger partial charge in [-0.15, -0.1) is 0 Å².